The second-order valence-electron chi connectivity index (χ2n) is 12.6. The van der Waals surface area contributed by atoms with Crippen LogP contribution in [0.3, 0.4) is 0 Å². The van der Waals surface area contributed by atoms with Crippen molar-refractivity contribution in [2.75, 3.05) is 6.61 Å². The Labute approximate surface area is 256 Å². The average Bonchev–Trinajstić information content (AvgIpc) is 3.72. The topological polar surface area (TPSA) is 52.6 Å². The van der Waals surface area contributed by atoms with Crippen molar-refractivity contribution in [3.63, 3.8) is 0 Å². The van der Waals surface area contributed by atoms with Crippen LogP contribution in [0.4, 0.5) is 0 Å². The number of carbonyl (C=O) groups is 2. The van der Waals surface area contributed by atoms with Gasteiger partial charge in [-0.1, -0.05) is 128 Å². The molecule has 0 heterocycles. The van der Waals surface area contributed by atoms with Crippen molar-refractivity contribution in [2.24, 2.45) is 11.3 Å². The first-order chi connectivity index (χ1) is 20.7. The van der Waals surface area contributed by atoms with Crippen LogP contribution in [-0.4, -0.2) is 24.1 Å². The summed E-state index contributed by atoms with van der Waals surface area (Å²) in [5, 5.41) is 0. The highest BCUT2D eigenvalue weighted by molar-refractivity contribution is 5.72. The molecule has 4 aromatic rings. The summed E-state index contributed by atoms with van der Waals surface area (Å²) < 4.78 is 11.9. The molecule has 1 fully saturated rings. The van der Waals surface area contributed by atoms with Gasteiger partial charge in [0, 0.05) is 17.8 Å². The Kier molecular flexibility index (Phi) is 9.45. The Morgan fingerprint density at radius 3 is 1.44 bits per heavy atom. The molecule has 1 saturated carbocycles. The van der Waals surface area contributed by atoms with E-state index in [0.29, 0.717) is 13.0 Å². The first kappa shape index (κ1) is 30.3. The second kappa shape index (κ2) is 13.4. The monoisotopic (exact) mass is 574 g/mol. The molecule has 4 nitrogen and oxygen atoms in total. The zero-order chi connectivity index (χ0) is 30.3. The third-order valence-corrected chi connectivity index (χ3v) is 9.05. The molecule has 1 aliphatic rings. The van der Waals surface area contributed by atoms with Crippen LogP contribution in [0.5, 0.6) is 0 Å². The van der Waals surface area contributed by atoms with E-state index in [1.807, 2.05) is 86.6 Å². The van der Waals surface area contributed by atoms with E-state index in [9.17, 15) is 9.59 Å². The molecule has 222 valence electrons. The predicted molar refractivity (Wildman–Crippen MR) is 171 cm³/mol. The van der Waals surface area contributed by atoms with E-state index in [1.54, 1.807) is 0 Å². The number of rotatable bonds is 13. The third kappa shape index (κ3) is 7.81. The Morgan fingerprint density at radius 1 is 0.674 bits per heavy atom. The molecule has 0 bridgehead atoms. The van der Waals surface area contributed by atoms with E-state index >= 15 is 0 Å². The predicted octanol–water partition coefficient (Wildman–Crippen LogP) is 8.71. The molecule has 0 amide bonds. The maximum Gasteiger partial charge on any atom is 0.307 e. The van der Waals surface area contributed by atoms with E-state index in [2.05, 4.69) is 55.5 Å². The van der Waals surface area contributed by atoms with Gasteiger partial charge in [-0.25, -0.2) is 0 Å². The van der Waals surface area contributed by atoms with Crippen LogP contribution in [0.2, 0.25) is 0 Å². The number of benzene rings is 4. The molecule has 1 aliphatic carbocycles. The molecule has 0 aliphatic heterocycles. The number of esters is 2. The fraction of sp³-hybridized carbons (Fsp3) is 0.333. The van der Waals surface area contributed by atoms with E-state index in [-0.39, 0.29) is 41.5 Å². The van der Waals surface area contributed by atoms with Gasteiger partial charge in [-0.2, -0.15) is 0 Å². The van der Waals surface area contributed by atoms with Gasteiger partial charge >= 0.3 is 11.9 Å². The van der Waals surface area contributed by atoms with Crippen molar-refractivity contribution < 1.29 is 19.1 Å². The Morgan fingerprint density at radius 2 is 1.05 bits per heavy atom. The van der Waals surface area contributed by atoms with Crippen LogP contribution in [0.1, 0.15) is 80.5 Å². The maximum absolute atomic E-state index is 13.3. The lowest BCUT2D eigenvalue weighted by Gasteiger charge is -2.29. The van der Waals surface area contributed by atoms with Crippen molar-refractivity contribution in [3.8, 4) is 0 Å². The van der Waals surface area contributed by atoms with Gasteiger partial charge in [0.1, 0.15) is 5.60 Å². The molecular weight excluding hydrogens is 532 g/mol. The van der Waals surface area contributed by atoms with Crippen molar-refractivity contribution in [3.05, 3.63) is 144 Å². The van der Waals surface area contributed by atoms with Gasteiger partial charge in [0.25, 0.3) is 0 Å². The first-order valence-corrected chi connectivity index (χ1v) is 15.3. The summed E-state index contributed by atoms with van der Waals surface area (Å²) in [5.74, 6) is -0.302. The lowest BCUT2D eigenvalue weighted by atomic mass is 9.88. The molecular formula is C39H42O4. The molecule has 43 heavy (non-hydrogen) atoms. The summed E-state index contributed by atoms with van der Waals surface area (Å²) in [4.78, 5) is 26.3. The molecule has 0 aromatic heterocycles. The molecule has 4 aromatic carbocycles. The summed E-state index contributed by atoms with van der Waals surface area (Å²) in [6.07, 6.45) is 2.24. The van der Waals surface area contributed by atoms with Gasteiger partial charge in [-0.15, -0.1) is 0 Å². The standard InChI is InChI=1S/C39H42O4/c1-38(2,43-37(41)27-34(31-20-12-6-13-21-31)32-22-14-7-15-23-32)35-28-39(35,3)24-25-42-36(40)26-33(29-16-8-4-9-17-29)30-18-10-5-11-19-30/h4-23,33-35H,24-28H2,1-3H3. The average molecular weight is 575 g/mol. The lowest BCUT2D eigenvalue weighted by Crippen LogP contribution is -2.33. The molecule has 0 N–H and O–H groups in total. The van der Waals surface area contributed by atoms with E-state index in [1.165, 1.54) is 0 Å². The summed E-state index contributed by atoms with van der Waals surface area (Å²) in [5.41, 5.74) is 3.75. The van der Waals surface area contributed by atoms with Crippen molar-refractivity contribution in [1.82, 2.24) is 0 Å². The number of hydrogen-bond donors (Lipinski definition) is 0. The summed E-state index contributed by atoms with van der Waals surface area (Å²) in [7, 11) is 0. The summed E-state index contributed by atoms with van der Waals surface area (Å²) in [6.45, 7) is 6.58. The number of hydrogen-bond acceptors (Lipinski definition) is 4. The van der Waals surface area contributed by atoms with Gasteiger partial charge in [0.2, 0.25) is 0 Å². The Hall–Kier alpha value is -4.18. The fourth-order valence-electron chi connectivity index (χ4n) is 6.56. The molecule has 0 spiro atoms. The molecule has 0 radical (unpaired) electrons. The van der Waals surface area contributed by atoms with Crippen LogP contribution in [0, 0.1) is 11.3 Å². The summed E-state index contributed by atoms with van der Waals surface area (Å²) >= 11 is 0. The zero-order valence-electron chi connectivity index (χ0n) is 25.4. The van der Waals surface area contributed by atoms with Crippen LogP contribution in [0.25, 0.3) is 0 Å². The van der Waals surface area contributed by atoms with E-state index in [4.69, 9.17) is 9.47 Å². The van der Waals surface area contributed by atoms with Crippen LogP contribution in [0.15, 0.2) is 121 Å². The molecule has 2 unspecified atom stereocenters. The van der Waals surface area contributed by atoms with E-state index in [0.717, 1.165) is 35.1 Å². The Balaban J connectivity index is 1.14. The largest absolute Gasteiger partial charge is 0.466 e. The fourth-order valence-corrected chi connectivity index (χ4v) is 6.56. The lowest BCUT2D eigenvalue weighted by molar-refractivity contribution is -0.159. The highest BCUT2D eigenvalue weighted by Gasteiger charge is 2.58. The highest BCUT2D eigenvalue weighted by atomic mass is 16.6. The quantitative estimate of drug-likeness (QED) is 0.150. The van der Waals surface area contributed by atoms with Gasteiger partial charge in [-0.3, -0.25) is 9.59 Å². The maximum atomic E-state index is 13.3. The van der Waals surface area contributed by atoms with Gasteiger partial charge in [-0.05, 0) is 54.4 Å². The highest BCUT2D eigenvalue weighted by Crippen LogP contribution is 2.60. The third-order valence-electron chi connectivity index (χ3n) is 9.05. The van der Waals surface area contributed by atoms with Crippen LogP contribution in [-0.2, 0) is 19.1 Å². The number of carbonyl (C=O) groups excluding carboxylic acids is 2. The second-order valence-corrected chi connectivity index (χ2v) is 12.6. The zero-order valence-corrected chi connectivity index (χ0v) is 25.4. The first-order valence-electron chi connectivity index (χ1n) is 15.3. The molecule has 5 rings (SSSR count). The van der Waals surface area contributed by atoms with Crippen LogP contribution < -0.4 is 0 Å². The summed E-state index contributed by atoms with van der Waals surface area (Å²) in [6, 6.07) is 40.5. The number of ether oxygens (including phenoxy) is 2. The minimum absolute atomic E-state index is 0.0411. The van der Waals surface area contributed by atoms with Gasteiger partial charge < -0.3 is 9.47 Å². The van der Waals surface area contributed by atoms with Crippen molar-refractivity contribution in [2.45, 2.75) is 63.9 Å². The van der Waals surface area contributed by atoms with Crippen molar-refractivity contribution >= 4 is 11.9 Å². The normalized spacial score (nSPS) is 17.9. The van der Waals surface area contributed by atoms with Crippen molar-refractivity contribution in [1.29, 1.82) is 0 Å². The minimum Gasteiger partial charge on any atom is -0.466 e. The van der Waals surface area contributed by atoms with E-state index < -0.39 is 5.60 Å². The molecule has 0 saturated heterocycles. The van der Waals surface area contributed by atoms with Crippen LogP contribution >= 0.6 is 0 Å². The minimum atomic E-state index is -0.612. The van der Waals surface area contributed by atoms with Gasteiger partial charge in [0.15, 0.2) is 0 Å². The smallest absolute Gasteiger partial charge is 0.307 e. The SMILES string of the molecule is CC1(CCOC(=O)CC(c2ccccc2)c2ccccc2)CC1C(C)(C)OC(=O)CC(c1ccccc1)c1ccccc1. The molecule has 4 heteroatoms. The molecule has 2 atom stereocenters. The Bertz CT molecular complexity index is 1390. The van der Waals surface area contributed by atoms with Gasteiger partial charge in [0.05, 0.1) is 19.4 Å².